The summed E-state index contributed by atoms with van der Waals surface area (Å²) in [5.41, 5.74) is 0.818. The zero-order chi connectivity index (χ0) is 14.4. The van der Waals surface area contributed by atoms with Gasteiger partial charge in [-0.05, 0) is 31.9 Å². The summed E-state index contributed by atoms with van der Waals surface area (Å²) in [6.07, 6.45) is 1.70. The van der Waals surface area contributed by atoms with Gasteiger partial charge in [-0.1, -0.05) is 6.07 Å². The summed E-state index contributed by atoms with van der Waals surface area (Å²) in [5.74, 6) is 0.465. The number of benzene rings is 1. The van der Waals surface area contributed by atoms with Crippen molar-refractivity contribution in [3.63, 3.8) is 0 Å². The summed E-state index contributed by atoms with van der Waals surface area (Å²) in [7, 11) is 1.61. The highest BCUT2D eigenvalue weighted by Crippen LogP contribution is 2.22. The Hall–Kier alpha value is -1.75. The predicted molar refractivity (Wildman–Crippen MR) is 76.0 cm³/mol. The van der Waals surface area contributed by atoms with E-state index in [0.29, 0.717) is 13.2 Å². The van der Waals surface area contributed by atoms with Gasteiger partial charge in [0.25, 0.3) is 0 Å². The molecule has 0 radical (unpaired) electrons. The van der Waals surface area contributed by atoms with E-state index < -0.39 is 6.04 Å². The second-order valence-corrected chi connectivity index (χ2v) is 4.66. The maximum atomic E-state index is 12.1. The van der Waals surface area contributed by atoms with Crippen LogP contribution in [0.25, 0.3) is 0 Å². The van der Waals surface area contributed by atoms with Gasteiger partial charge in [0.2, 0.25) is 0 Å². The molecule has 1 heterocycles. The molecule has 5 nitrogen and oxygen atoms in total. The second kappa shape index (κ2) is 7.14. The number of methoxy groups -OCH3 is 1. The minimum atomic E-state index is -0.482. The molecule has 1 saturated heterocycles. The van der Waals surface area contributed by atoms with Gasteiger partial charge in [-0.3, -0.25) is 0 Å². The van der Waals surface area contributed by atoms with Crippen molar-refractivity contribution in [1.82, 2.24) is 0 Å². The van der Waals surface area contributed by atoms with E-state index in [2.05, 4.69) is 5.32 Å². The van der Waals surface area contributed by atoms with Gasteiger partial charge in [0.05, 0.1) is 19.8 Å². The van der Waals surface area contributed by atoms with Crippen molar-refractivity contribution in [2.24, 2.45) is 0 Å². The van der Waals surface area contributed by atoms with Crippen LogP contribution >= 0.6 is 0 Å². The lowest BCUT2D eigenvalue weighted by molar-refractivity contribution is -0.146. The first-order valence-corrected chi connectivity index (χ1v) is 6.93. The lowest BCUT2D eigenvalue weighted by atomic mass is 10.1. The Labute approximate surface area is 119 Å². The summed E-state index contributed by atoms with van der Waals surface area (Å²) in [4.78, 5) is 12.1. The molecule has 110 valence electrons. The van der Waals surface area contributed by atoms with Gasteiger partial charge in [-0.15, -0.1) is 0 Å². The molecule has 2 atom stereocenters. The molecule has 1 N–H and O–H groups in total. The van der Waals surface area contributed by atoms with Crippen molar-refractivity contribution in [1.29, 1.82) is 0 Å². The summed E-state index contributed by atoms with van der Waals surface area (Å²) >= 11 is 0. The molecule has 0 aliphatic carbocycles. The Morgan fingerprint density at radius 3 is 3.05 bits per heavy atom. The number of hydrogen-bond donors (Lipinski definition) is 1. The molecule has 1 aliphatic heterocycles. The fourth-order valence-electron chi connectivity index (χ4n) is 2.29. The van der Waals surface area contributed by atoms with E-state index in [9.17, 15) is 4.79 Å². The number of ether oxygens (including phenoxy) is 3. The third-order valence-corrected chi connectivity index (χ3v) is 3.27. The van der Waals surface area contributed by atoms with E-state index in [1.165, 1.54) is 0 Å². The smallest absolute Gasteiger partial charge is 0.331 e. The van der Waals surface area contributed by atoms with Crippen LogP contribution in [0, 0.1) is 0 Å². The number of anilines is 1. The van der Waals surface area contributed by atoms with Crippen molar-refractivity contribution < 1.29 is 19.0 Å². The molecule has 2 rings (SSSR count). The maximum Gasteiger partial charge on any atom is 0.331 e. The fraction of sp³-hybridized carbons (Fsp3) is 0.533. The molecule has 0 aromatic heterocycles. The van der Waals surface area contributed by atoms with Crippen molar-refractivity contribution in [3.05, 3.63) is 24.3 Å². The first-order valence-electron chi connectivity index (χ1n) is 6.93. The van der Waals surface area contributed by atoms with Crippen molar-refractivity contribution >= 4 is 11.7 Å². The van der Waals surface area contributed by atoms with Gasteiger partial charge in [-0.25, -0.2) is 4.79 Å². The van der Waals surface area contributed by atoms with E-state index in [1.807, 2.05) is 24.3 Å². The summed E-state index contributed by atoms with van der Waals surface area (Å²) in [5, 5.41) is 3.20. The first-order chi connectivity index (χ1) is 9.74. The number of esters is 1. The van der Waals surface area contributed by atoms with Gasteiger partial charge in [0.1, 0.15) is 5.75 Å². The van der Waals surface area contributed by atoms with Crippen molar-refractivity contribution in [3.8, 4) is 5.75 Å². The lowest BCUT2D eigenvalue weighted by Crippen LogP contribution is -2.41. The van der Waals surface area contributed by atoms with Crippen LogP contribution in [0.2, 0.25) is 0 Å². The minimum absolute atomic E-state index is 0.139. The van der Waals surface area contributed by atoms with Crippen molar-refractivity contribution in [2.45, 2.75) is 31.9 Å². The summed E-state index contributed by atoms with van der Waals surface area (Å²) in [6.45, 7) is 2.86. The topological polar surface area (TPSA) is 56.8 Å². The van der Waals surface area contributed by atoms with Crippen LogP contribution in [0.3, 0.4) is 0 Å². The maximum absolute atomic E-state index is 12.1. The van der Waals surface area contributed by atoms with Crippen LogP contribution in [-0.4, -0.2) is 38.4 Å². The Kier molecular flexibility index (Phi) is 5.24. The Morgan fingerprint density at radius 2 is 2.40 bits per heavy atom. The quantitative estimate of drug-likeness (QED) is 0.809. The molecule has 20 heavy (non-hydrogen) atoms. The molecule has 1 fully saturated rings. The summed E-state index contributed by atoms with van der Waals surface area (Å²) in [6, 6.07) is 6.99. The van der Waals surface area contributed by atoms with Crippen LogP contribution in [0.4, 0.5) is 5.69 Å². The highest BCUT2D eigenvalue weighted by molar-refractivity contribution is 5.80. The molecule has 0 spiro atoms. The Balaban J connectivity index is 2.11. The Bertz CT molecular complexity index is 443. The van der Waals surface area contributed by atoms with Gasteiger partial charge in [0, 0.05) is 18.4 Å². The SMILES string of the molecule is CCOC(=O)C(Nc1cccc(OC)c1)C1CCCO1. The third-order valence-electron chi connectivity index (χ3n) is 3.27. The van der Waals surface area contributed by atoms with Crippen LogP contribution in [0.5, 0.6) is 5.75 Å². The van der Waals surface area contributed by atoms with E-state index in [-0.39, 0.29) is 12.1 Å². The molecule has 1 aliphatic rings. The number of rotatable bonds is 6. The highest BCUT2D eigenvalue weighted by Gasteiger charge is 2.32. The average molecular weight is 279 g/mol. The zero-order valence-corrected chi connectivity index (χ0v) is 11.9. The average Bonchev–Trinajstić information content (AvgIpc) is 2.99. The zero-order valence-electron chi connectivity index (χ0n) is 11.9. The van der Waals surface area contributed by atoms with Gasteiger partial charge in [-0.2, -0.15) is 0 Å². The number of carbonyl (C=O) groups is 1. The van der Waals surface area contributed by atoms with Crippen LogP contribution in [0.1, 0.15) is 19.8 Å². The van der Waals surface area contributed by atoms with Crippen LogP contribution in [-0.2, 0) is 14.3 Å². The molecule has 2 unspecified atom stereocenters. The Morgan fingerprint density at radius 1 is 1.55 bits per heavy atom. The molecule has 1 aromatic carbocycles. The van der Waals surface area contributed by atoms with Crippen LogP contribution in [0.15, 0.2) is 24.3 Å². The van der Waals surface area contributed by atoms with Gasteiger partial charge in [0.15, 0.2) is 6.04 Å². The molecule has 0 amide bonds. The first kappa shape index (κ1) is 14.7. The molecule has 5 heteroatoms. The molecular weight excluding hydrogens is 258 g/mol. The number of carbonyl (C=O) groups excluding carboxylic acids is 1. The molecule has 0 saturated carbocycles. The largest absolute Gasteiger partial charge is 0.497 e. The van der Waals surface area contributed by atoms with E-state index in [0.717, 1.165) is 24.3 Å². The van der Waals surface area contributed by atoms with E-state index in [1.54, 1.807) is 14.0 Å². The fourth-order valence-corrected chi connectivity index (χ4v) is 2.29. The van der Waals surface area contributed by atoms with E-state index in [4.69, 9.17) is 14.2 Å². The van der Waals surface area contributed by atoms with Gasteiger partial charge >= 0.3 is 5.97 Å². The highest BCUT2D eigenvalue weighted by atomic mass is 16.5. The molecule has 1 aromatic rings. The van der Waals surface area contributed by atoms with Gasteiger partial charge < -0.3 is 19.5 Å². The number of hydrogen-bond acceptors (Lipinski definition) is 5. The minimum Gasteiger partial charge on any atom is -0.497 e. The molecular formula is C15H21NO4. The standard InChI is InChI=1S/C15H21NO4/c1-3-19-15(17)14(13-8-5-9-20-13)16-11-6-4-7-12(10-11)18-2/h4,6-7,10,13-14,16H,3,5,8-9H2,1-2H3. The monoisotopic (exact) mass is 279 g/mol. The normalized spacial score (nSPS) is 19.4. The van der Waals surface area contributed by atoms with E-state index >= 15 is 0 Å². The molecule has 0 bridgehead atoms. The predicted octanol–water partition coefficient (Wildman–Crippen LogP) is 2.22. The summed E-state index contributed by atoms with van der Waals surface area (Å²) < 4.78 is 15.9. The second-order valence-electron chi connectivity index (χ2n) is 4.66. The van der Waals surface area contributed by atoms with Crippen LogP contribution < -0.4 is 10.1 Å². The van der Waals surface area contributed by atoms with Crippen molar-refractivity contribution in [2.75, 3.05) is 25.6 Å². The number of nitrogens with one attached hydrogen (secondary N) is 1. The third kappa shape index (κ3) is 3.63. The lowest BCUT2D eigenvalue weighted by Gasteiger charge is -2.23.